The van der Waals surface area contributed by atoms with E-state index < -0.39 is 0 Å². The molecule has 1 N–H and O–H groups in total. The summed E-state index contributed by atoms with van der Waals surface area (Å²) in [4.78, 5) is 1.48. The molecule has 0 spiro atoms. The highest BCUT2D eigenvalue weighted by Gasteiger charge is 2.52. The molecule has 0 aliphatic carbocycles. The number of rotatable bonds is 2. The second kappa shape index (κ2) is 5.13. The van der Waals surface area contributed by atoms with Gasteiger partial charge in [0, 0.05) is 9.65 Å². The second-order valence-electron chi connectivity index (χ2n) is 6.85. The van der Waals surface area contributed by atoms with Crippen molar-refractivity contribution in [3.05, 3.63) is 17.0 Å². The van der Waals surface area contributed by atoms with E-state index in [4.69, 9.17) is 9.31 Å². The minimum atomic E-state index is -0.253. The van der Waals surface area contributed by atoms with E-state index in [2.05, 4.69) is 45.1 Å². The zero-order valence-electron chi connectivity index (χ0n) is 12.9. The van der Waals surface area contributed by atoms with Gasteiger partial charge >= 0.3 is 7.12 Å². The summed E-state index contributed by atoms with van der Waals surface area (Å²) in [5, 5.41) is 3.42. The molecule has 0 bridgehead atoms. The van der Waals surface area contributed by atoms with Crippen molar-refractivity contribution in [3.8, 4) is 0 Å². The van der Waals surface area contributed by atoms with Gasteiger partial charge in [0.1, 0.15) is 0 Å². The van der Waals surface area contributed by atoms with Gasteiger partial charge in [0.15, 0.2) is 0 Å². The molecule has 3 heterocycles. The van der Waals surface area contributed by atoms with E-state index >= 15 is 0 Å². The molecule has 2 aliphatic rings. The molecule has 2 fully saturated rings. The molecule has 0 amide bonds. The topological polar surface area (TPSA) is 30.5 Å². The monoisotopic (exact) mass is 293 g/mol. The summed E-state index contributed by atoms with van der Waals surface area (Å²) in [5.41, 5.74) is -0.507. The molecule has 20 heavy (non-hydrogen) atoms. The number of piperidine rings is 1. The summed E-state index contributed by atoms with van der Waals surface area (Å²) < 4.78 is 13.5. The first kappa shape index (κ1) is 14.6. The van der Waals surface area contributed by atoms with E-state index in [0.29, 0.717) is 5.92 Å². The van der Waals surface area contributed by atoms with E-state index in [0.717, 1.165) is 13.1 Å². The van der Waals surface area contributed by atoms with Crippen LogP contribution < -0.4 is 10.1 Å². The van der Waals surface area contributed by atoms with Crippen molar-refractivity contribution in [1.82, 2.24) is 5.32 Å². The Labute approximate surface area is 126 Å². The summed E-state index contributed by atoms with van der Waals surface area (Å²) in [7, 11) is -0.208. The zero-order chi connectivity index (χ0) is 14.4. The van der Waals surface area contributed by atoms with Crippen LogP contribution in [0.2, 0.25) is 0 Å². The van der Waals surface area contributed by atoms with Crippen LogP contribution in [0.15, 0.2) is 12.1 Å². The Morgan fingerprint density at radius 3 is 2.30 bits per heavy atom. The lowest BCUT2D eigenvalue weighted by Crippen LogP contribution is -2.41. The van der Waals surface area contributed by atoms with Crippen molar-refractivity contribution in [2.45, 2.75) is 57.7 Å². The van der Waals surface area contributed by atoms with Crippen LogP contribution in [0.4, 0.5) is 0 Å². The van der Waals surface area contributed by atoms with E-state index in [1.54, 1.807) is 0 Å². The van der Waals surface area contributed by atoms with Crippen LogP contribution in [0.25, 0.3) is 0 Å². The molecule has 0 radical (unpaired) electrons. The fourth-order valence-corrected chi connectivity index (χ4v) is 3.92. The lowest BCUT2D eigenvalue weighted by molar-refractivity contribution is 0.00578. The number of nitrogens with one attached hydrogen (secondary N) is 1. The predicted octanol–water partition coefficient (Wildman–Crippen LogP) is 2.51. The summed E-state index contributed by atoms with van der Waals surface area (Å²) in [6.45, 7) is 10.7. The third-order valence-electron chi connectivity index (χ3n) is 4.87. The molecule has 2 saturated heterocycles. The lowest BCUT2D eigenvalue weighted by atomic mass is 9.88. The molecule has 110 valence electrons. The van der Waals surface area contributed by atoms with Crippen LogP contribution in [0.5, 0.6) is 0 Å². The van der Waals surface area contributed by atoms with Crippen LogP contribution in [-0.4, -0.2) is 31.4 Å². The third kappa shape index (κ3) is 2.57. The van der Waals surface area contributed by atoms with Crippen LogP contribution >= 0.6 is 11.3 Å². The van der Waals surface area contributed by atoms with Crippen LogP contribution in [0, 0.1) is 0 Å². The quantitative estimate of drug-likeness (QED) is 0.850. The predicted molar refractivity (Wildman–Crippen MR) is 84.9 cm³/mol. The molecule has 0 atom stereocenters. The number of thiophene rings is 1. The van der Waals surface area contributed by atoms with Crippen molar-refractivity contribution in [2.24, 2.45) is 0 Å². The largest absolute Gasteiger partial charge is 0.505 e. The average Bonchev–Trinajstić information content (AvgIpc) is 2.94. The maximum Gasteiger partial charge on any atom is 0.505 e. The maximum atomic E-state index is 6.13. The molecule has 3 rings (SSSR count). The van der Waals surface area contributed by atoms with Crippen molar-refractivity contribution in [1.29, 1.82) is 0 Å². The van der Waals surface area contributed by atoms with Gasteiger partial charge < -0.3 is 14.6 Å². The first-order valence-electron chi connectivity index (χ1n) is 7.55. The average molecular weight is 293 g/mol. The summed E-state index contributed by atoms with van der Waals surface area (Å²) >= 11 is 1.86. The first-order valence-corrected chi connectivity index (χ1v) is 8.37. The SMILES string of the molecule is CC1(C)OB(c2ccc(C3CCNCC3)s2)OC1(C)C. The smallest absolute Gasteiger partial charge is 0.399 e. The van der Waals surface area contributed by atoms with Gasteiger partial charge in [-0.1, -0.05) is 6.07 Å². The summed E-state index contributed by atoms with van der Waals surface area (Å²) in [5.74, 6) is 0.706. The molecule has 3 nitrogen and oxygen atoms in total. The Hall–Kier alpha value is -0.355. The molecule has 2 aliphatic heterocycles. The molecule has 1 aromatic rings. The van der Waals surface area contributed by atoms with E-state index in [1.807, 2.05) is 11.3 Å². The molecule has 0 unspecified atom stereocenters. The van der Waals surface area contributed by atoms with E-state index in [9.17, 15) is 0 Å². The van der Waals surface area contributed by atoms with Gasteiger partial charge in [0.05, 0.1) is 11.2 Å². The van der Waals surface area contributed by atoms with Gasteiger partial charge in [-0.3, -0.25) is 0 Å². The van der Waals surface area contributed by atoms with Gasteiger partial charge in [-0.25, -0.2) is 0 Å². The Morgan fingerprint density at radius 1 is 1.10 bits per heavy atom. The summed E-state index contributed by atoms with van der Waals surface area (Å²) in [6.07, 6.45) is 2.48. The van der Waals surface area contributed by atoms with E-state index in [1.165, 1.54) is 22.5 Å². The van der Waals surface area contributed by atoms with Crippen molar-refractivity contribution < 1.29 is 9.31 Å². The minimum absolute atomic E-state index is 0.208. The Morgan fingerprint density at radius 2 is 1.70 bits per heavy atom. The van der Waals surface area contributed by atoms with Crippen molar-refractivity contribution in [3.63, 3.8) is 0 Å². The van der Waals surface area contributed by atoms with Crippen LogP contribution in [0.3, 0.4) is 0 Å². The van der Waals surface area contributed by atoms with Gasteiger partial charge in [0.2, 0.25) is 0 Å². The van der Waals surface area contributed by atoms with Crippen LogP contribution in [0.1, 0.15) is 51.3 Å². The molecular weight excluding hydrogens is 269 g/mol. The van der Waals surface area contributed by atoms with Gasteiger partial charge in [0.25, 0.3) is 0 Å². The maximum absolute atomic E-state index is 6.13. The van der Waals surface area contributed by atoms with Gasteiger partial charge in [-0.05, 0) is 65.6 Å². The standard InChI is InChI=1S/C15H24BNO2S/c1-14(2)15(3,4)19-16(18-14)13-6-5-12(20-13)11-7-9-17-10-8-11/h5-6,11,17H,7-10H2,1-4H3. The van der Waals surface area contributed by atoms with Gasteiger partial charge in [-0.15, -0.1) is 11.3 Å². The zero-order valence-corrected chi connectivity index (χ0v) is 13.7. The fraction of sp³-hybridized carbons (Fsp3) is 0.733. The molecular formula is C15H24BNO2S. The molecule has 0 aromatic carbocycles. The Balaban J connectivity index is 1.74. The Bertz CT molecular complexity index is 464. The molecule has 0 saturated carbocycles. The van der Waals surface area contributed by atoms with Crippen molar-refractivity contribution in [2.75, 3.05) is 13.1 Å². The highest BCUT2D eigenvalue weighted by atomic mass is 32.1. The first-order chi connectivity index (χ1) is 9.39. The molecule has 1 aromatic heterocycles. The van der Waals surface area contributed by atoms with E-state index in [-0.39, 0.29) is 18.3 Å². The highest BCUT2D eigenvalue weighted by molar-refractivity contribution is 7.22. The number of hydrogen-bond donors (Lipinski definition) is 1. The fourth-order valence-electron chi connectivity index (χ4n) is 2.78. The lowest BCUT2D eigenvalue weighted by Gasteiger charge is -2.32. The molecule has 5 heteroatoms. The number of hydrogen-bond acceptors (Lipinski definition) is 4. The normalized spacial score (nSPS) is 26.1. The Kier molecular flexibility index (Phi) is 3.74. The van der Waals surface area contributed by atoms with Crippen molar-refractivity contribution >= 4 is 23.2 Å². The summed E-state index contributed by atoms with van der Waals surface area (Å²) in [6, 6.07) is 4.45. The second-order valence-corrected chi connectivity index (χ2v) is 8.00. The van der Waals surface area contributed by atoms with Crippen LogP contribution in [-0.2, 0) is 9.31 Å². The third-order valence-corrected chi connectivity index (χ3v) is 6.14. The van der Waals surface area contributed by atoms with Gasteiger partial charge in [-0.2, -0.15) is 0 Å². The highest BCUT2D eigenvalue weighted by Crippen LogP contribution is 2.37. The minimum Gasteiger partial charge on any atom is -0.399 e.